The molecule has 1 saturated heterocycles. The van der Waals surface area contributed by atoms with Crippen molar-refractivity contribution in [2.75, 3.05) is 43.4 Å². The van der Waals surface area contributed by atoms with Gasteiger partial charge in [0.15, 0.2) is 0 Å². The predicted molar refractivity (Wildman–Crippen MR) is 147 cm³/mol. The fourth-order valence-corrected chi connectivity index (χ4v) is 6.08. The van der Waals surface area contributed by atoms with E-state index in [1.54, 1.807) is 0 Å². The van der Waals surface area contributed by atoms with Crippen molar-refractivity contribution < 1.29 is 0 Å². The molecule has 3 N–H and O–H groups in total. The van der Waals surface area contributed by atoms with Gasteiger partial charge in [0.05, 0.1) is 17.1 Å². The van der Waals surface area contributed by atoms with Crippen LogP contribution in [0.4, 0.5) is 11.4 Å². The summed E-state index contributed by atoms with van der Waals surface area (Å²) in [7, 11) is 0. The topological polar surface area (TPSA) is 85.0 Å². The molecule has 0 saturated carbocycles. The molecule has 1 fully saturated rings. The van der Waals surface area contributed by atoms with E-state index >= 15 is 0 Å². The Hall–Kier alpha value is -3.56. The van der Waals surface area contributed by atoms with Crippen LogP contribution in [0.5, 0.6) is 0 Å². The number of hydrogen-bond acceptors (Lipinski definition) is 5. The van der Waals surface area contributed by atoms with Gasteiger partial charge in [-0.15, -0.1) is 0 Å². The number of nitrogen functional groups attached to an aromatic ring is 1. The Balaban J connectivity index is 1.06. The predicted octanol–water partition coefficient (Wildman–Crippen LogP) is 5.19. The number of aromatic nitrogens is 2. The van der Waals surface area contributed by atoms with Crippen LogP contribution in [0.15, 0.2) is 42.6 Å². The average Bonchev–Trinajstić information content (AvgIpc) is 3.33. The molecule has 0 amide bonds. The van der Waals surface area contributed by atoms with Crippen molar-refractivity contribution in [2.45, 2.75) is 44.9 Å². The lowest BCUT2D eigenvalue weighted by Crippen LogP contribution is -2.46. The Morgan fingerprint density at radius 1 is 1.03 bits per heavy atom. The number of rotatable bonds is 6. The van der Waals surface area contributed by atoms with Crippen molar-refractivity contribution in [3.63, 3.8) is 0 Å². The van der Waals surface area contributed by atoms with Crippen molar-refractivity contribution in [3.05, 3.63) is 65.0 Å². The van der Waals surface area contributed by atoms with E-state index in [1.807, 2.05) is 18.2 Å². The molecular weight excluding hydrogens is 444 g/mol. The molecule has 0 spiro atoms. The lowest BCUT2D eigenvalue weighted by molar-refractivity contribution is 0.253. The largest absolute Gasteiger partial charge is 0.398 e. The maximum absolute atomic E-state index is 9.21. The zero-order valence-corrected chi connectivity index (χ0v) is 20.9. The molecule has 4 aromatic rings. The highest BCUT2D eigenvalue weighted by Gasteiger charge is 2.22. The first-order valence-corrected chi connectivity index (χ1v) is 13.4. The second-order valence-electron chi connectivity index (χ2n) is 10.3. The molecule has 0 unspecified atom stereocenters. The van der Waals surface area contributed by atoms with E-state index in [4.69, 9.17) is 10.7 Å². The van der Waals surface area contributed by atoms with Gasteiger partial charge in [-0.05, 0) is 92.9 Å². The SMILES string of the molecule is N#Cc1ccc2[nH]cc(CCCCN3CCN(c4cccc5nc6c(c(N)c45)CCCC6)CC3)c2c1. The fraction of sp³-hybridized carbons (Fsp3) is 0.400. The molecule has 0 radical (unpaired) electrons. The number of nitriles is 1. The molecule has 2 aliphatic rings. The molecule has 6 heteroatoms. The van der Waals surface area contributed by atoms with Crippen LogP contribution >= 0.6 is 0 Å². The van der Waals surface area contributed by atoms with Gasteiger partial charge < -0.3 is 15.6 Å². The third-order valence-corrected chi connectivity index (χ3v) is 8.09. The Morgan fingerprint density at radius 3 is 2.75 bits per heavy atom. The fourth-order valence-electron chi connectivity index (χ4n) is 6.08. The second kappa shape index (κ2) is 9.83. The number of anilines is 2. The van der Waals surface area contributed by atoms with Gasteiger partial charge in [0, 0.05) is 65.7 Å². The summed E-state index contributed by atoms with van der Waals surface area (Å²) in [6.07, 6.45) is 10.0. The Morgan fingerprint density at radius 2 is 1.89 bits per heavy atom. The summed E-state index contributed by atoms with van der Waals surface area (Å²) < 4.78 is 0. The molecule has 2 aromatic carbocycles. The van der Waals surface area contributed by atoms with Crippen LogP contribution in [0.25, 0.3) is 21.8 Å². The molecule has 6 nitrogen and oxygen atoms in total. The minimum absolute atomic E-state index is 0.727. The number of H-pyrrole nitrogens is 1. The number of fused-ring (bicyclic) bond motifs is 3. The minimum Gasteiger partial charge on any atom is -0.398 e. The van der Waals surface area contributed by atoms with Crippen molar-refractivity contribution in [2.24, 2.45) is 0 Å². The highest BCUT2D eigenvalue weighted by molar-refractivity contribution is 6.02. The lowest BCUT2D eigenvalue weighted by Gasteiger charge is -2.37. The Kier molecular flexibility index (Phi) is 6.25. The summed E-state index contributed by atoms with van der Waals surface area (Å²) in [5, 5.41) is 11.6. The second-order valence-corrected chi connectivity index (χ2v) is 10.3. The van der Waals surface area contributed by atoms with E-state index in [1.165, 1.54) is 47.2 Å². The first-order chi connectivity index (χ1) is 17.7. The van der Waals surface area contributed by atoms with Gasteiger partial charge in [0.25, 0.3) is 0 Å². The Bertz CT molecular complexity index is 1440. The number of hydrogen-bond donors (Lipinski definition) is 2. The number of pyridine rings is 1. The van der Waals surface area contributed by atoms with Crippen LogP contribution in [0.2, 0.25) is 0 Å². The van der Waals surface area contributed by atoms with Crippen LogP contribution in [0, 0.1) is 11.3 Å². The van der Waals surface area contributed by atoms with Gasteiger partial charge in [-0.25, -0.2) is 0 Å². The van der Waals surface area contributed by atoms with Crippen LogP contribution in [-0.4, -0.2) is 47.6 Å². The van der Waals surface area contributed by atoms with E-state index in [2.05, 4.69) is 45.2 Å². The number of nitrogens with one attached hydrogen (secondary N) is 1. The highest BCUT2D eigenvalue weighted by Crippen LogP contribution is 2.37. The number of unbranched alkanes of at least 4 members (excludes halogenated alkanes) is 1. The van der Waals surface area contributed by atoms with E-state index < -0.39 is 0 Å². The van der Waals surface area contributed by atoms with E-state index in [0.29, 0.717) is 0 Å². The van der Waals surface area contributed by atoms with Gasteiger partial charge >= 0.3 is 0 Å². The molecule has 1 aliphatic carbocycles. The molecule has 6 rings (SSSR count). The monoisotopic (exact) mass is 478 g/mol. The van der Waals surface area contributed by atoms with E-state index in [0.717, 1.165) is 86.1 Å². The molecule has 1 aliphatic heterocycles. The molecule has 2 aromatic heterocycles. The van der Waals surface area contributed by atoms with Gasteiger partial charge in [-0.1, -0.05) is 6.07 Å². The lowest BCUT2D eigenvalue weighted by atomic mass is 9.92. The van der Waals surface area contributed by atoms with Crippen molar-refractivity contribution in [1.82, 2.24) is 14.9 Å². The molecule has 36 heavy (non-hydrogen) atoms. The summed E-state index contributed by atoms with van der Waals surface area (Å²) in [6.45, 7) is 5.33. The normalized spacial score (nSPS) is 16.4. The summed E-state index contributed by atoms with van der Waals surface area (Å²) >= 11 is 0. The van der Waals surface area contributed by atoms with Crippen molar-refractivity contribution >= 4 is 33.2 Å². The van der Waals surface area contributed by atoms with Crippen molar-refractivity contribution in [1.29, 1.82) is 5.26 Å². The molecule has 0 atom stereocenters. The first kappa shape index (κ1) is 22.9. The third kappa shape index (κ3) is 4.29. The summed E-state index contributed by atoms with van der Waals surface area (Å²) in [4.78, 5) is 13.5. The van der Waals surface area contributed by atoms with Crippen LogP contribution in [0.3, 0.4) is 0 Å². The van der Waals surface area contributed by atoms with Gasteiger partial charge in [0.2, 0.25) is 0 Å². The summed E-state index contributed by atoms with van der Waals surface area (Å²) in [6, 6.07) is 14.6. The van der Waals surface area contributed by atoms with Gasteiger partial charge in [0.1, 0.15) is 0 Å². The maximum atomic E-state index is 9.21. The van der Waals surface area contributed by atoms with Crippen LogP contribution in [-0.2, 0) is 19.3 Å². The molecule has 3 heterocycles. The van der Waals surface area contributed by atoms with Crippen LogP contribution in [0.1, 0.15) is 48.1 Å². The minimum atomic E-state index is 0.727. The van der Waals surface area contributed by atoms with Crippen LogP contribution < -0.4 is 10.6 Å². The smallest absolute Gasteiger partial charge is 0.0991 e. The third-order valence-electron chi connectivity index (χ3n) is 8.09. The standard InChI is InChI=1S/C30H34N6/c31-19-21-11-12-25-24(18-21)22(20-33-25)6-3-4-13-35-14-16-36(17-15-35)28-10-5-9-27-29(28)30(32)23-7-1-2-8-26(23)34-27/h5,9-12,18,20,33H,1-4,6-8,13-17H2,(H2,32,34). The van der Waals surface area contributed by atoms with Gasteiger partial charge in [-0.3, -0.25) is 9.88 Å². The molecular formula is C30H34N6. The highest BCUT2D eigenvalue weighted by atomic mass is 15.3. The number of nitrogens with zero attached hydrogens (tertiary/aromatic N) is 4. The molecule has 184 valence electrons. The first-order valence-electron chi connectivity index (χ1n) is 13.4. The van der Waals surface area contributed by atoms with E-state index in [-0.39, 0.29) is 0 Å². The zero-order chi connectivity index (χ0) is 24.5. The maximum Gasteiger partial charge on any atom is 0.0991 e. The number of nitrogens with two attached hydrogens (primary N) is 1. The number of aryl methyl sites for hydroxylation is 2. The van der Waals surface area contributed by atoms with Crippen molar-refractivity contribution in [3.8, 4) is 6.07 Å². The van der Waals surface area contributed by atoms with Gasteiger partial charge in [-0.2, -0.15) is 5.26 Å². The van der Waals surface area contributed by atoms with E-state index in [9.17, 15) is 5.26 Å². The number of aromatic amines is 1. The zero-order valence-electron chi connectivity index (χ0n) is 20.9. The average molecular weight is 479 g/mol. The number of piperazine rings is 1. The number of benzene rings is 2. The molecule has 0 bridgehead atoms. The Labute approximate surface area is 212 Å². The quantitative estimate of drug-likeness (QED) is 0.372. The summed E-state index contributed by atoms with van der Waals surface area (Å²) in [5.74, 6) is 0. The summed E-state index contributed by atoms with van der Waals surface area (Å²) in [5.41, 5.74) is 15.7.